The number of benzene rings is 1. The van der Waals surface area contributed by atoms with Crippen LogP contribution in [0.15, 0.2) is 24.3 Å². The summed E-state index contributed by atoms with van der Waals surface area (Å²) in [4.78, 5) is 13.8. The number of nitrogens with zero attached hydrogens (tertiary/aromatic N) is 1. The van der Waals surface area contributed by atoms with E-state index in [-0.39, 0.29) is 18.6 Å². The van der Waals surface area contributed by atoms with Crippen LogP contribution in [-0.2, 0) is 16.1 Å². The summed E-state index contributed by atoms with van der Waals surface area (Å²) in [7, 11) is 1.75. The smallest absolute Gasteiger partial charge is 0.248 e. The van der Waals surface area contributed by atoms with Crippen LogP contribution in [0.2, 0.25) is 0 Å². The molecule has 0 atom stereocenters. The number of thiocarbonyl (C=S) groups is 1. The lowest BCUT2D eigenvalue weighted by Gasteiger charge is -2.18. The summed E-state index contributed by atoms with van der Waals surface area (Å²) in [6.45, 7) is 4.41. The molecule has 19 heavy (non-hydrogen) atoms. The van der Waals surface area contributed by atoms with Crippen LogP contribution in [0.1, 0.15) is 25.0 Å². The van der Waals surface area contributed by atoms with Gasteiger partial charge in [-0.15, -0.1) is 0 Å². The molecule has 4 nitrogen and oxygen atoms in total. The predicted molar refractivity (Wildman–Crippen MR) is 79.9 cm³/mol. The van der Waals surface area contributed by atoms with Crippen molar-refractivity contribution < 1.29 is 9.53 Å². The fraction of sp³-hybridized carbons (Fsp3) is 0.429. The van der Waals surface area contributed by atoms with E-state index in [1.807, 2.05) is 38.1 Å². The lowest BCUT2D eigenvalue weighted by molar-refractivity contribution is -0.136. The molecule has 1 aromatic rings. The molecule has 1 amide bonds. The molecule has 0 fully saturated rings. The number of rotatable bonds is 6. The maximum Gasteiger partial charge on any atom is 0.248 e. The van der Waals surface area contributed by atoms with Crippen LogP contribution in [0.25, 0.3) is 0 Å². The third kappa shape index (κ3) is 5.36. The number of nitrogens with two attached hydrogens (primary N) is 1. The third-order valence-electron chi connectivity index (χ3n) is 2.60. The molecule has 0 heterocycles. The fourth-order valence-corrected chi connectivity index (χ4v) is 1.66. The van der Waals surface area contributed by atoms with Crippen LogP contribution >= 0.6 is 12.2 Å². The molecule has 0 aliphatic heterocycles. The molecular weight excluding hydrogens is 260 g/mol. The Morgan fingerprint density at radius 3 is 2.74 bits per heavy atom. The van der Waals surface area contributed by atoms with Gasteiger partial charge >= 0.3 is 0 Å². The molecule has 0 aliphatic carbocycles. The van der Waals surface area contributed by atoms with Crippen LogP contribution in [-0.4, -0.2) is 35.6 Å². The van der Waals surface area contributed by atoms with Gasteiger partial charge in [0.2, 0.25) is 5.91 Å². The van der Waals surface area contributed by atoms with Crippen LogP contribution in [0.4, 0.5) is 0 Å². The van der Waals surface area contributed by atoms with Crippen molar-refractivity contribution in [3.8, 4) is 0 Å². The molecule has 1 aromatic carbocycles. The maximum atomic E-state index is 11.8. The van der Waals surface area contributed by atoms with Gasteiger partial charge < -0.3 is 15.4 Å². The van der Waals surface area contributed by atoms with E-state index in [4.69, 9.17) is 22.7 Å². The monoisotopic (exact) mass is 280 g/mol. The van der Waals surface area contributed by atoms with Crippen LogP contribution in [0.5, 0.6) is 0 Å². The van der Waals surface area contributed by atoms with E-state index in [1.54, 1.807) is 11.9 Å². The van der Waals surface area contributed by atoms with Gasteiger partial charge in [0.05, 0.1) is 6.10 Å². The van der Waals surface area contributed by atoms with E-state index in [9.17, 15) is 4.79 Å². The molecule has 0 spiro atoms. The van der Waals surface area contributed by atoms with E-state index in [1.165, 1.54) is 0 Å². The standard InChI is InChI=1S/C14H20N2O2S/c1-10(2)18-9-13(17)16(3)8-11-5-4-6-12(7-11)14(15)19/h4-7,10H,8-9H2,1-3H3,(H2,15,19). The highest BCUT2D eigenvalue weighted by atomic mass is 32.1. The van der Waals surface area contributed by atoms with Crippen LogP contribution < -0.4 is 5.73 Å². The fourth-order valence-electron chi connectivity index (χ4n) is 1.53. The zero-order valence-corrected chi connectivity index (χ0v) is 12.4. The van der Waals surface area contributed by atoms with Crippen molar-refractivity contribution in [2.75, 3.05) is 13.7 Å². The molecule has 0 aromatic heterocycles. The summed E-state index contributed by atoms with van der Waals surface area (Å²) in [5.41, 5.74) is 7.39. The number of amides is 1. The number of carbonyl (C=O) groups is 1. The van der Waals surface area contributed by atoms with E-state index >= 15 is 0 Å². The number of likely N-dealkylation sites (N-methyl/N-ethyl adjacent to an activating group) is 1. The van der Waals surface area contributed by atoms with Crippen molar-refractivity contribution in [2.24, 2.45) is 5.73 Å². The van der Waals surface area contributed by atoms with E-state index in [2.05, 4.69) is 0 Å². The maximum absolute atomic E-state index is 11.8. The summed E-state index contributed by atoms with van der Waals surface area (Å²) >= 11 is 4.93. The van der Waals surface area contributed by atoms with E-state index in [0.717, 1.165) is 11.1 Å². The van der Waals surface area contributed by atoms with Crippen molar-refractivity contribution in [2.45, 2.75) is 26.5 Å². The molecule has 0 radical (unpaired) electrons. The Morgan fingerprint density at radius 2 is 2.16 bits per heavy atom. The molecule has 0 saturated carbocycles. The minimum Gasteiger partial charge on any atom is -0.389 e. The SMILES string of the molecule is CC(C)OCC(=O)N(C)Cc1cccc(C(N)=S)c1. The molecule has 1 rings (SSSR count). The van der Waals surface area contributed by atoms with Crippen LogP contribution in [0.3, 0.4) is 0 Å². The predicted octanol–water partition coefficient (Wildman–Crippen LogP) is 1.70. The van der Waals surface area contributed by atoms with Gasteiger partial charge in [0.25, 0.3) is 0 Å². The highest BCUT2D eigenvalue weighted by molar-refractivity contribution is 7.80. The molecule has 104 valence electrons. The lowest BCUT2D eigenvalue weighted by atomic mass is 10.1. The molecule has 0 aliphatic rings. The van der Waals surface area contributed by atoms with Gasteiger partial charge in [-0.1, -0.05) is 30.4 Å². The van der Waals surface area contributed by atoms with Gasteiger partial charge in [0.15, 0.2) is 0 Å². The second kappa shape index (κ2) is 7.21. The zero-order chi connectivity index (χ0) is 14.4. The average molecular weight is 280 g/mol. The molecule has 0 saturated heterocycles. The topological polar surface area (TPSA) is 55.6 Å². The average Bonchev–Trinajstić information content (AvgIpc) is 2.36. The minimum absolute atomic E-state index is 0.0468. The first-order valence-corrected chi connectivity index (χ1v) is 6.55. The van der Waals surface area contributed by atoms with Gasteiger partial charge in [-0.25, -0.2) is 0 Å². The van der Waals surface area contributed by atoms with Crippen molar-refractivity contribution in [3.63, 3.8) is 0 Å². The first-order valence-electron chi connectivity index (χ1n) is 6.14. The van der Waals surface area contributed by atoms with Gasteiger partial charge in [-0.05, 0) is 25.5 Å². The second-order valence-electron chi connectivity index (χ2n) is 4.67. The number of ether oxygens (including phenoxy) is 1. The molecule has 2 N–H and O–H groups in total. The lowest BCUT2D eigenvalue weighted by Crippen LogP contribution is -2.30. The Balaban J connectivity index is 2.61. The first kappa shape index (κ1) is 15.6. The summed E-state index contributed by atoms with van der Waals surface area (Å²) in [6, 6.07) is 7.58. The van der Waals surface area contributed by atoms with Crippen LogP contribution in [0, 0.1) is 0 Å². The highest BCUT2D eigenvalue weighted by Gasteiger charge is 2.10. The number of carbonyl (C=O) groups excluding carboxylic acids is 1. The third-order valence-corrected chi connectivity index (χ3v) is 2.83. The normalized spacial score (nSPS) is 10.5. The van der Waals surface area contributed by atoms with Gasteiger partial charge in [-0.2, -0.15) is 0 Å². The Labute approximate surface area is 119 Å². The Bertz CT molecular complexity index is 461. The van der Waals surface area contributed by atoms with Crippen molar-refractivity contribution >= 4 is 23.1 Å². The van der Waals surface area contributed by atoms with E-state index < -0.39 is 0 Å². The van der Waals surface area contributed by atoms with E-state index in [0.29, 0.717) is 11.5 Å². The Hall–Kier alpha value is -1.46. The Kier molecular flexibility index (Phi) is 5.92. The van der Waals surface area contributed by atoms with Crippen molar-refractivity contribution in [3.05, 3.63) is 35.4 Å². The van der Waals surface area contributed by atoms with Gasteiger partial charge in [0, 0.05) is 19.2 Å². The van der Waals surface area contributed by atoms with Gasteiger partial charge in [0.1, 0.15) is 11.6 Å². The molecular formula is C14H20N2O2S. The zero-order valence-electron chi connectivity index (χ0n) is 11.6. The Morgan fingerprint density at radius 1 is 1.47 bits per heavy atom. The highest BCUT2D eigenvalue weighted by Crippen LogP contribution is 2.08. The van der Waals surface area contributed by atoms with Crippen molar-refractivity contribution in [1.82, 2.24) is 4.90 Å². The molecule has 0 unspecified atom stereocenters. The largest absolute Gasteiger partial charge is 0.389 e. The van der Waals surface area contributed by atoms with Crippen molar-refractivity contribution in [1.29, 1.82) is 0 Å². The summed E-state index contributed by atoms with van der Waals surface area (Å²) in [6.07, 6.45) is 0.0512. The summed E-state index contributed by atoms with van der Waals surface area (Å²) < 4.78 is 5.29. The molecule has 5 heteroatoms. The summed E-state index contributed by atoms with van der Waals surface area (Å²) in [5, 5.41) is 0. The molecule has 0 bridgehead atoms. The minimum atomic E-state index is -0.0468. The van der Waals surface area contributed by atoms with Gasteiger partial charge in [-0.3, -0.25) is 4.79 Å². The second-order valence-corrected chi connectivity index (χ2v) is 5.11. The summed E-state index contributed by atoms with van der Waals surface area (Å²) in [5.74, 6) is -0.0468. The first-order chi connectivity index (χ1) is 8.90. The number of hydrogen-bond acceptors (Lipinski definition) is 3. The number of hydrogen-bond donors (Lipinski definition) is 1. The quantitative estimate of drug-likeness (QED) is 0.806.